The molecule has 1 rings (SSSR count). The molecule has 0 bridgehead atoms. The van der Waals surface area contributed by atoms with Crippen LogP contribution in [0.4, 0.5) is 0 Å². The third-order valence-corrected chi connectivity index (χ3v) is 1.58. The van der Waals surface area contributed by atoms with Gasteiger partial charge in [0.1, 0.15) is 5.75 Å². The van der Waals surface area contributed by atoms with Gasteiger partial charge in [-0.3, -0.25) is 0 Å². The highest BCUT2D eigenvalue weighted by Gasteiger charge is 2.14. The Balaban J connectivity index is 2.70. The van der Waals surface area contributed by atoms with Crippen LogP contribution in [0.15, 0.2) is 35.4 Å². The zero-order chi connectivity index (χ0) is 10.4. The van der Waals surface area contributed by atoms with E-state index in [9.17, 15) is 5.11 Å². The monoisotopic (exact) mass is 193 g/mol. The van der Waals surface area contributed by atoms with Crippen LogP contribution >= 0.6 is 0 Å². The maximum atomic E-state index is 9.21. The fraction of sp³-hybridized carbons (Fsp3) is 0.333. The Labute approximate surface area is 81.6 Å². The van der Waals surface area contributed by atoms with E-state index in [1.165, 1.54) is 6.92 Å². The minimum atomic E-state index is -0.887. The summed E-state index contributed by atoms with van der Waals surface area (Å²) >= 11 is 0. The highest BCUT2D eigenvalue weighted by molar-refractivity contribution is 5.21. The zero-order valence-corrected chi connectivity index (χ0v) is 7.74. The third kappa shape index (κ3) is 2.97. The number of rotatable bonds is 4. The quantitative estimate of drug-likeness (QED) is 0.451. The van der Waals surface area contributed by atoms with Crippen LogP contribution in [0.25, 0.3) is 10.4 Å². The Morgan fingerprint density at radius 2 is 2.07 bits per heavy atom. The zero-order valence-electron chi connectivity index (χ0n) is 7.74. The van der Waals surface area contributed by atoms with Crippen LogP contribution < -0.4 is 4.74 Å². The number of hydrogen-bond acceptors (Lipinski definition) is 3. The molecule has 2 unspecified atom stereocenters. The first-order valence-corrected chi connectivity index (χ1v) is 4.18. The summed E-state index contributed by atoms with van der Waals surface area (Å²) in [4.78, 5) is 2.59. The summed E-state index contributed by atoms with van der Waals surface area (Å²) in [5.74, 6) is 0.561. The van der Waals surface area contributed by atoms with Crippen molar-refractivity contribution >= 4 is 0 Å². The van der Waals surface area contributed by atoms with Gasteiger partial charge in [0.25, 0.3) is 0 Å². The SMILES string of the molecule is CC(O)C(N=[N+]=[N-])Oc1ccccc1. The lowest BCUT2D eigenvalue weighted by Crippen LogP contribution is -2.26. The molecule has 0 amide bonds. The smallest absolute Gasteiger partial charge is 0.203 e. The molecule has 0 spiro atoms. The number of aliphatic hydroxyl groups excluding tert-OH is 1. The number of para-hydroxylation sites is 1. The average Bonchev–Trinajstić information content (AvgIpc) is 2.18. The normalized spacial score (nSPS) is 13.9. The van der Waals surface area contributed by atoms with Crippen LogP contribution in [0.2, 0.25) is 0 Å². The van der Waals surface area contributed by atoms with Crippen LogP contribution in [0.1, 0.15) is 6.92 Å². The second kappa shape index (κ2) is 5.11. The lowest BCUT2D eigenvalue weighted by atomic mass is 10.3. The van der Waals surface area contributed by atoms with Crippen molar-refractivity contribution in [3.8, 4) is 5.75 Å². The van der Waals surface area contributed by atoms with Crippen LogP contribution in [-0.2, 0) is 0 Å². The molecule has 0 aliphatic rings. The average molecular weight is 193 g/mol. The Morgan fingerprint density at radius 1 is 1.43 bits per heavy atom. The fourth-order valence-electron chi connectivity index (χ4n) is 0.908. The minimum absolute atomic E-state index is 0.561. The van der Waals surface area contributed by atoms with Gasteiger partial charge in [0.15, 0.2) is 0 Å². The van der Waals surface area contributed by atoms with E-state index in [2.05, 4.69) is 10.0 Å². The second-order valence-corrected chi connectivity index (χ2v) is 2.77. The van der Waals surface area contributed by atoms with Gasteiger partial charge in [-0.05, 0) is 29.7 Å². The maximum absolute atomic E-state index is 9.21. The molecule has 0 saturated heterocycles. The first kappa shape index (κ1) is 10.4. The Bertz CT molecular complexity index is 320. The van der Waals surface area contributed by atoms with Gasteiger partial charge in [0.2, 0.25) is 6.23 Å². The minimum Gasteiger partial charge on any atom is -0.482 e. The summed E-state index contributed by atoms with van der Waals surface area (Å²) in [5.41, 5.74) is 8.23. The molecular weight excluding hydrogens is 182 g/mol. The van der Waals surface area contributed by atoms with Crippen molar-refractivity contribution in [2.24, 2.45) is 5.11 Å². The van der Waals surface area contributed by atoms with Crippen molar-refractivity contribution in [1.29, 1.82) is 0 Å². The van der Waals surface area contributed by atoms with E-state index in [4.69, 9.17) is 10.3 Å². The molecule has 0 heterocycles. The number of ether oxygens (including phenoxy) is 1. The van der Waals surface area contributed by atoms with E-state index in [0.717, 1.165) is 0 Å². The van der Waals surface area contributed by atoms with Gasteiger partial charge in [0.05, 0.1) is 6.10 Å². The molecule has 1 aromatic carbocycles. The molecule has 0 fully saturated rings. The summed E-state index contributed by atoms with van der Waals surface area (Å²) in [6, 6.07) is 8.89. The van der Waals surface area contributed by atoms with Crippen LogP contribution in [0.5, 0.6) is 5.75 Å². The van der Waals surface area contributed by atoms with Crippen molar-refractivity contribution in [3.05, 3.63) is 40.8 Å². The topological polar surface area (TPSA) is 78.2 Å². The van der Waals surface area contributed by atoms with Crippen LogP contribution in [0.3, 0.4) is 0 Å². The first-order chi connectivity index (χ1) is 6.74. The predicted molar refractivity (Wildman–Crippen MR) is 51.7 cm³/mol. The first-order valence-electron chi connectivity index (χ1n) is 4.18. The molecule has 0 saturated carbocycles. The van der Waals surface area contributed by atoms with Gasteiger partial charge in [-0.1, -0.05) is 18.2 Å². The number of hydrogen-bond donors (Lipinski definition) is 1. The lowest BCUT2D eigenvalue weighted by molar-refractivity contribution is 0.0531. The molecule has 5 nitrogen and oxygen atoms in total. The summed E-state index contributed by atoms with van der Waals surface area (Å²) in [6.45, 7) is 1.50. The van der Waals surface area contributed by atoms with E-state index in [0.29, 0.717) is 5.75 Å². The molecule has 1 N–H and O–H groups in total. The second-order valence-electron chi connectivity index (χ2n) is 2.77. The number of aliphatic hydroxyl groups is 1. The highest BCUT2D eigenvalue weighted by Crippen LogP contribution is 2.13. The van der Waals surface area contributed by atoms with Gasteiger partial charge in [-0.2, -0.15) is 0 Å². The molecule has 0 aliphatic carbocycles. The van der Waals surface area contributed by atoms with Gasteiger partial charge in [0, 0.05) is 4.91 Å². The van der Waals surface area contributed by atoms with Gasteiger partial charge >= 0.3 is 0 Å². The van der Waals surface area contributed by atoms with Crippen molar-refractivity contribution in [2.75, 3.05) is 0 Å². The van der Waals surface area contributed by atoms with Crippen molar-refractivity contribution < 1.29 is 9.84 Å². The summed E-state index contributed by atoms with van der Waals surface area (Å²) in [6.07, 6.45) is -1.73. The lowest BCUT2D eigenvalue weighted by Gasteiger charge is -2.16. The third-order valence-electron chi connectivity index (χ3n) is 1.58. The standard InChI is InChI=1S/C9H11N3O2/c1-7(13)9(11-12-10)14-8-5-3-2-4-6-8/h2-7,9,13H,1H3. The molecule has 0 aromatic heterocycles. The molecule has 1 aromatic rings. The number of nitrogens with zero attached hydrogens (tertiary/aromatic N) is 3. The maximum Gasteiger partial charge on any atom is 0.203 e. The molecule has 0 radical (unpaired) electrons. The van der Waals surface area contributed by atoms with Crippen molar-refractivity contribution in [3.63, 3.8) is 0 Å². The van der Waals surface area contributed by atoms with E-state index in [1.54, 1.807) is 24.3 Å². The van der Waals surface area contributed by atoms with Crippen molar-refractivity contribution in [1.82, 2.24) is 0 Å². The molecule has 14 heavy (non-hydrogen) atoms. The Kier molecular flexibility index (Phi) is 3.79. The highest BCUT2D eigenvalue weighted by atomic mass is 16.5. The summed E-state index contributed by atoms with van der Waals surface area (Å²) in [5, 5.41) is 12.5. The number of azide groups is 1. The summed E-state index contributed by atoms with van der Waals surface area (Å²) < 4.78 is 5.25. The van der Waals surface area contributed by atoms with E-state index >= 15 is 0 Å². The van der Waals surface area contributed by atoms with Crippen molar-refractivity contribution in [2.45, 2.75) is 19.3 Å². The van der Waals surface area contributed by atoms with E-state index in [1.807, 2.05) is 6.07 Å². The Morgan fingerprint density at radius 3 is 2.57 bits per heavy atom. The molecule has 0 aliphatic heterocycles. The van der Waals surface area contributed by atoms with E-state index in [-0.39, 0.29) is 0 Å². The van der Waals surface area contributed by atoms with E-state index < -0.39 is 12.3 Å². The van der Waals surface area contributed by atoms with Gasteiger partial charge in [-0.25, -0.2) is 0 Å². The van der Waals surface area contributed by atoms with Crippen LogP contribution in [0, 0.1) is 0 Å². The largest absolute Gasteiger partial charge is 0.482 e. The summed E-state index contributed by atoms with van der Waals surface area (Å²) in [7, 11) is 0. The van der Waals surface area contributed by atoms with Gasteiger partial charge in [-0.15, -0.1) is 0 Å². The Hall–Kier alpha value is -1.71. The molecular formula is C9H11N3O2. The van der Waals surface area contributed by atoms with Crippen LogP contribution in [-0.4, -0.2) is 17.4 Å². The molecule has 5 heteroatoms. The number of benzene rings is 1. The molecule has 74 valence electrons. The molecule has 2 atom stereocenters. The predicted octanol–water partition coefficient (Wildman–Crippen LogP) is 2.08. The fourth-order valence-corrected chi connectivity index (χ4v) is 0.908. The van der Waals surface area contributed by atoms with Gasteiger partial charge < -0.3 is 9.84 Å².